The molecule has 8 heteroatoms. The molecule has 1 aromatic carbocycles. The number of nitrogens with one attached hydrogen (secondary N) is 1. The molecule has 0 bridgehead atoms. The Morgan fingerprint density at radius 2 is 1.90 bits per heavy atom. The van der Waals surface area contributed by atoms with E-state index in [0.29, 0.717) is 12.1 Å². The van der Waals surface area contributed by atoms with Gasteiger partial charge in [-0.2, -0.15) is 0 Å². The molecule has 0 fully saturated rings. The van der Waals surface area contributed by atoms with Crippen molar-refractivity contribution in [2.24, 2.45) is 0 Å². The van der Waals surface area contributed by atoms with Crippen LogP contribution in [0.1, 0.15) is 21.6 Å². The summed E-state index contributed by atoms with van der Waals surface area (Å²) in [6.07, 6.45) is 2.98. The Morgan fingerprint density at radius 3 is 2.48 bits per heavy atom. The lowest BCUT2D eigenvalue weighted by Gasteiger charge is -2.13. The Bertz CT molecular complexity index is 1170. The van der Waals surface area contributed by atoms with Gasteiger partial charge in [-0.15, -0.1) is 6.58 Å². The Hall–Kier alpha value is -2.90. The van der Waals surface area contributed by atoms with Gasteiger partial charge in [0.25, 0.3) is 5.91 Å². The molecule has 0 saturated carbocycles. The van der Waals surface area contributed by atoms with E-state index in [-0.39, 0.29) is 26.3 Å². The van der Waals surface area contributed by atoms with Crippen molar-refractivity contribution in [1.29, 1.82) is 0 Å². The number of carbonyl (C=O) groups excluding carboxylic acids is 1. The fourth-order valence-electron chi connectivity index (χ4n) is 3.05. The van der Waals surface area contributed by atoms with Crippen molar-refractivity contribution in [2.45, 2.75) is 30.2 Å². The maximum atomic E-state index is 13.4. The lowest BCUT2D eigenvalue weighted by Crippen LogP contribution is -2.18. The number of aromatic nitrogens is 2. The molecule has 0 atom stereocenters. The van der Waals surface area contributed by atoms with Crippen molar-refractivity contribution in [3.63, 3.8) is 0 Å². The number of sulfone groups is 1. The van der Waals surface area contributed by atoms with Crippen LogP contribution < -0.4 is 5.32 Å². The summed E-state index contributed by atoms with van der Waals surface area (Å²) < 4.78 is 28.5. The number of carbonyl (C=O) groups is 1. The third-order valence-corrected chi connectivity index (χ3v) is 6.78. The van der Waals surface area contributed by atoms with Gasteiger partial charge in [0.05, 0.1) is 10.5 Å². The SMILES string of the molecule is C=CCn1c(C)c(C)c(S(=O)(=O)c2ccccc2)c1NC(=O)c1ccc(Cl)nc1. The number of allylic oxidation sites excluding steroid dienone is 1. The maximum absolute atomic E-state index is 13.4. The second-order valence-corrected chi connectivity index (χ2v) is 8.70. The van der Waals surface area contributed by atoms with E-state index in [1.165, 1.54) is 30.5 Å². The molecule has 3 rings (SSSR count). The van der Waals surface area contributed by atoms with Crippen LogP contribution in [0.3, 0.4) is 0 Å². The highest BCUT2D eigenvalue weighted by atomic mass is 35.5. The number of amides is 1. The third-order valence-electron chi connectivity index (χ3n) is 4.63. The average molecular weight is 430 g/mol. The van der Waals surface area contributed by atoms with Gasteiger partial charge in [0, 0.05) is 18.4 Å². The van der Waals surface area contributed by atoms with Crippen molar-refractivity contribution in [2.75, 3.05) is 5.32 Å². The molecule has 0 spiro atoms. The molecule has 3 aromatic rings. The first kappa shape index (κ1) is 20.8. The Morgan fingerprint density at radius 1 is 1.21 bits per heavy atom. The molecule has 6 nitrogen and oxygen atoms in total. The van der Waals surface area contributed by atoms with Gasteiger partial charge < -0.3 is 9.88 Å². The van der Waals surface area contributed by atoms with Gasteiger partial charge in [-0.25, -0.2) is 13.4 Å². The van der Waals surface area contributed by atoms with Gasteiger partial charge in [-0.1, -0.05) is 35.9 Å². The van der Waals surface area contributed by atoms with Gasteiger partial charge >= 0.3 is 0 Å². The normalized spacial score (nSPS) is 11.3. The van der Waals surface area contributed by atoms with E-state index in [0.717, 1.165) is 5.69 Å². The van der Waals surface area contributed by atoms with Crippen molar-refractivity contribution in [1.82, 2.24) is 9.55 Å². The molecule has 0 aliphatic heterocycles. The zero-order valence-electron chi connectivity index (χ0n) is 16.0. The Kier molecular flexibility index (Phi) is 5.91. The van der Waals surface area contributed by atoms with Gasteiger partial charge in [0.1, 0.15) is 15.9 Å². The minimum absolute atomic E-state index is 0.0679. The summed E-state index contributed by atoms with van der Waals surface area (Å²) in [5.41, 5.74) is 1.56. The van der Waals surface area contributed by atoms with Gasteiger partial charge in [-0.3, -0.25) is 4.79 Å². The van der Waals surface area contributed by atoms with Gasteiger partial charge in [0.2, 0.25) is 9.84 Å². The monoisotopic (exact) mass is 429 g/mol. The van der Waals surface area contributed by atoms with E-state index in [1.54, 1.807) is 35.8 Å². The first-order chi connectivity index (χ1) is 13.8. The minimum atomic E-state index is -3.86. The fourth-order valence-corrected chi connectivity index (χ4v) is 4.88. The number of benzene rings is 1. The number of hydrogen-bond acceptors (Lipinski definition) is 4. The number of rotatable bonds is 6. The molecular weight excluding hydrogens is 410 g/mol. The number of nitrogens with zero attached hydrogens (tertiary/aromatic N) is 2. The van der Waals surface area contributed by atoms with Crippen LogP contribution in [0, 0.1) is 13.8 Å². The van der Waals surface area contributed by atoms with Crippen molar-refractivity contribution >= 4 is 33.2 Å². The summed E-state index contributed by atoms with van der Waals surface area (Å²) in [5, 5.41) is 3.01. The minimum Gasteiger partial charge on any atom is -0.327 e. The van der Waals surface area contributed by atoms with E-state index in [9.17, 15) is 13.2 Å². The van der Waals surface area contributed by atoms with Crippen molar-refractivity contribution < 1.29 is 13.2 Å². The zero-order valence-corrected chi connectivity index (χ0v) is 17.6. The molecule has 150 valence electrons. The first-order valence-corrected chi connectivity index (χ1v) is 10.7. The summed E-state index contributed by atoms with van der Waals surface area (Å²) in [5.74, 6) is -0.287. The summed E-state index contributed by atoms with van der Waals surface area (Å²) in [6, 6.07) is 11.2. The summed E-state index contributed by atoms with van der Waals surface area (Å²) in [7, 11) is -3.86. The molecule has 1 N–H and O–H groups in total. The first-order valence-electron chi connectivity index (χ1n) is 8.81. The quantitative estimate of drug-likeness (QED) is 0.464. The molecule has 2 heterocycles. The van der Waals surface area contributed by atoms with Gasteiger partial charge in [-0.05, 0) is 43.7 Å². The van der Waals surface area contributed by atoms with Crippen LogP contribution in [0.5, 0.6) is 0 Å². The van der Waals surface area contributed by atoms with E-state index in [2.05, 4.69) is 16.9 Å². The summed E-state index contributed by atoms with van der Waals surface area (Å²) in [6.45, 7) is 7.61. The molecule has 1 amide bonds. The predicted molar refractivity (Wildman–Crippen MR) is 113 cm³/mol. The lowest BCUT2D eigenvalue weighted by atomic mass is 10.2. The molecule has 29 heavy (non-hydrogen) atoms. The fraction of sp³-hybridized carbons (Fsp3) is 0.143. The van der Waals surface area contributed by atoms with E-state index in [4.69, 9.17) is 11.6 Å². The van der Waals surface area contributed by atoms with Crippen molar-refractivity contribution in [3.8, 4) is 0 Å². The highest BCUT2D eigenvalue weighted by molar-refractivity contribution is 7.91. The van der Waals surface area contributed by atoms with Crippen LogP contribution in [-0.2, 0) is 16.4 Å². The molecule has 0 aliphatic carbocycles. The van der Waals surface area contributed by atoms with Crippen LogP contribution in [0.4, 0.5) is 5.82 Å². The van der Waals surface area contributed by atoms with Crippen molar-refractivity contribution in [3.05, 3.63) is 83.3 Å². The largest absolute Gasteiger partial charge is 0.327 e. The van der Waals surface area contributed by atoms with E-state index >= 15 is 0 Å². The number of halogens is 1. The number of hydrogen-bond donors (Lipinski definition) is 1. The van der Waals surface area contributed by atoms with Crippen LogP contribution >= 0.6 is 11.6 Å². The molecule has 2 aromatic heterocycles. The molecular formula is C21H20ClN3O3S. The lowest BCUT2D eigenvalue weighted by molar-refractivity contribution is 0.102. The molecule has 0 radical (unpaired) electrons. The average Bonchev–Trinajstić information content (AvgIpc) is 2.94. The Labute approximate surface area is 174 Å². The van der Waals surface area contributed by atoms with E-state index in [1.807, 2.05) is 6.92 Å². The van der Waals surface area contributed by atoms with Crippen LogP contribution in [0.2, 0.25) is 5.15 Å². The maximum Gasteiger partial charge on any atom is 0.258 e. The van der Waals surface area contributed by atoms with Gasteiger partial charge in [0.15, 0.2) is 0 Å². The summed E-state index contributed by atoms with van der Waals surface area (Å²) in [4.78, 5) is 16.9. The second-order valence-electron chi connectivity index (χ2n) is 6.43. The van der Waals surface area contributed by atoms with Crippen LogP contribution in [0.15, 0.2) is 71.1 Å². The smallest absolute Gasteiger partial charge is 0.258 e. The molecule has 0 saturated heterocycles. The highest BCUT2D eigenvalue weighted by Gasteiger charge is 2.30. The summed E-state index contributed by atoms with van der Waals surface area (Å²) >= 11 is 5.78. The Balaban J connectivity index is 2.17. The topological polar surface area (TPSA) is 81.1 Å². The molecule has 0 unspecified atom stereocenters. The predicted octanol–water partition coefficient (Wildman–Crippen LogP) is 4.42. The molecule has 0 aliphatic rings. The van der Waals surface area contributed by atoms with Crippen LogP contribution in [0.25, 0.3) is 0 Å². The van der Waals surface area contributed by atoms with Crippen LogP contribution in [-0.4, -0.2) is 23.9 Å². The van der Waals surface area contributed by atoms with E-state index < -0.39 is 15.7 Å². The third kappa shape index (κ3) is 3.97. The number of pyridine rings is 1. The number of anilines is 1. The second kappa shape index (κ2) is 8.23. The zero-order chi connectivity index (χ0) is 21.2. The standard InChI is InChI=1S/C21H20ClN3O3S/c1-4-12-25-15(3)14(2)19(29(27,28)17-8-6-5-7-9-17)20(25)24-21(26)16-10-11-18(22)23-13-16/h4-11,13H,1,12H2,2-3H3,(H,24,26). The highest BCUT2D eigenvalue weighted by Crippen LogP contribution is 2.35.